The molecule has 4 N–H and O–H groups in total. The number of rotatable bonds is 3. The average molecular weight is 438 g/mol. The lowest BCUT2D eigenvalue weighted by molar-refractivity contribution is 0.102. The average Bonchev–Trinajstić information content (AvgIpc) is 3.33. The Balaban J connectivity index is 1.48. The summed E-state index contributed by atoms with van der Waals surface area (Å²) in [4.78, 5) is 20.3. The van der Waals surface area contributed by atoms with Gasteiger partial charge in [0.15, 0.2) is 5.82 Å². The zero-order valence-electron chi connectivity index (χ0n) is 15.2. The smallest absolute Gasteiger partial charge is 0.255 e. The van der Waals surface area contributed by atoms with Crippen LogP contribution in [0, 0.1) is 0 Å². The van der Waals surface area contributed by atoms with Crippen molar-refractivity contribution in [1.29, 1.82) is 0 Å². The summed E-state index contributed by atoms with van der Waals surface area (Å²) in [6.45, 7) is 0. The molecular weight excluding hydrogens is 425 g/mol. The van der Waals surface area contributed by atoms with E-state index >= 15 is 0 Å². The molecule has 2 heterocycles. The molecule has 0 bridgehead atoms. The molecule has 0 unspecified atom stereocenters. The van der Waals surface area contributed by atoms with E-state index in [9.17, 15) is 9.90 Å². The van der Waals surface area contributed by atoms with Crippen LogP contribution in [-0.4, -0.2) is 31.2 Å². The van der Waals surface area contributed by atoms with Crippen LogP contribution < -0.4 is 5.32 Å². The fourth-order valence-electron chi connectivity index (χ4n) is 3.21. The molecule has 0 saturated carbocycles. The summed E-state index contributed by atoms with van der Waals surface area (Å²) in [5.41, 5.74) is 3.80. The van der Waals surface area contributed by atoms with Gasteiger partial charge in [0.05, 0.1) is 26.6 Å². The summed E-state index contributed by atoms with van der Waals surface area (Å²) in [7, 11) is 0. The van der Waals surface area contributed by atoms with Crippen LogP contribution in [0.25, 0.3) is 33.5 Å². The van der Waals surface area contributed by atoms with Crippen molar-refractivity contribution in [3.05, 3.63) is 70.2 Å². The van der Waals surface area contributed by atoms with Crippen molar-refractivity contribution in [2.75, 3.05) is 5.32 Å². The number of nitrogens with zero attached hydrogens (tertiary/aromatic N) is 2. The molecule has 3 aromatic carbocycles. The van der Waals surface area contributed by atoms with Gasteiger partial charge in [0.1, 0.15) is 11.4 Å². The Labute approximate surface area is 179 Å². The van der Waals surface area contributed by atoms with Gasteiger partial charge in [-0.15, -0.1) is 0 Å². The number of fused-ring (bicyclic) bond motifs is 2. The van der Waals surface area contributed by atoms with Gasteiger partial charge in [0, 0.05) is 16.6 Å². The number of phenols is 1. The van der Waals surface area contributed by atoms with Crippen LogP contribution >= 0.6 is 23.2 Å². The first kappa shape index (κ1) is 18.5. The van der Waals surface area contributed by atoms with Gasteiger partial charge < -0.3 is 15.4 Å². The number of hydrogen-bond donors (Lipinski definition) is 4. The highest BCUT2D eigenvalue weighted by Gasteiger charge is 2.15. The number of H-pyrrole nitrogens is 2. The fraction of sp³-hybridized carbons (Fsp3) is 0. The standard InChI is InChI=1S/C21H13Cl2N5O2/c22-14-8-17-18(9-15(14)23)26-20(25-17)19-13-6-1-10(7-16(13)27-28-19)21(30)24-11-2-4-12(29)5-3-11/h1-9,29H,(H,24,30)(H,25,26)(H,27,28). The molecule has 2 aromatic heterocycles. The number of hydrogen-bond acceptors (Lipinski definition) is 4. The molecule has 0 aliphatic heterocycles. The molecule has 30 heavy (non-hydrogen) atoms. The van der Waals surface area contributed by atoms with Crippen molar-refractivity contribution < 1.29 is 9.90 Å². The van der Waals surface area contributed by atoms with Crippen LogP contribution in [0.1, 0.15) is 10.4 Å². The normalized spacial score (nSPS) is 11.3. The highest BCUT2D eigenvalue weighted by atomic mass is 35.5. The lowest BCUT2D eigenvalue weighted by Crippen LogP contribution is -2.11. The van der Waals surface area contributed by atoms with E-state index in [1.807, 2.05) is 6.07 Å². The van der Waals surface area contributed by atoms with Gasteiger partial charge in [-0.1, -0.05) is 23.2 Å². The summed E-state index contributed by atoms with van der Waals surface area (Å²) in [5, 5.41) is 21.1. The molecule has 9 heteroatoms. The number of aromatic amines is 2. The van der Waals surface area contributed by atoms with Gasteiger partial charge in [-0.2, -0.15) is 5.10 Å². The zero-order chi connectivity index (χ0) is 20.8. The predicted octanol–water partition coefficient (Wildman–Crippen LogP) is 5.37. The molecule has 0 atom stereocenters. The maximum absolute atomic E-state index is 12.5. The van der Waals surface area contributed by atoms with Gasteiger partial charge in [-0.05, 0) is 54.6 Å². The van der Waals surface area contributed by atoms with Gasteiger partial charge in [-0.25, -0.2) is 4.98 Å². The number of imidazole rings is 1. The largest absolute Gasteiger partial charge is 0.508 e. The molecule has 0 aliphatic carbocycles. The molecule has 148 valence electrons. The maximum Gasteiger partial charge on any atom is 0.255 e. The second-order valence-corrected chi connectivity index (χ2v) is 7.52. The van der Waals surface area contributed by atoms with Crippen molar-refractivity contribution in [2.45, 2.75) is 0 Å². The quantitative estimate of drug-likeness (QED) is 0.284. The third kappa shape index (κ3) is 3.24. The number of benzene rings is 3. The summed E-state index contributed by atoms with van der Waals surface area (Å²) in [6.07, 6.45) is 0. The Kier molecular flexibility index (Phi) is 4.34. The zero-order valence-corrected chi connectivity index (χ0v) is 16.7. The van der Waals surface area contributed by atoms with E-state index in [1.54, 1.807) is 36.4 Å². The number of amides is 1. The van der Waals surface area contributed by atoms with Gasteiger partial charge in [-0.3, -0.25) is 9.89 Å². The number of carbonyl (C=O) groups excluding carboxylic acids is 1. The number of carbonyl (C=O) groups is 1. The van der Waals surface area contributed by atoms with Crippen molar-refractivity contribution in [2.24, 2.45) is 0 Å². The van der Waals surface area contributed by atoms with E-state index in [-0.39, 0.29) is 11.7 Å². The second-order valence-electron chi connectivity index (χ2n) is 6.70. The molecular formula is C21H13Cl2N5O2. The third-order valence-electron chi connectivity index (χ3n) is 4.70. The number of phenolic OH excluding ortho intramolecular Hbond substituents is 1. The van der Waals surface area contributed by atoms with Crippen molar-refractivity contribution in [3.63, 3.8) is 0 Å². The SMILES string of the molecule is O=C(Nc1ccc(O)cc1)c1ccc2c(-c3nc4cc(Cl)c(Cl)cc4[nH]3)n[nH]c2c1. The van der Waals surface area contributed by atoms with E-state index in [0.29, 0.717) is 43.8 Å². The Hall–Kier alpha value is -3.55. The first-order valence-electron chi connectivity index (χ1n) is 8.91. The number of halogens is 2. The Morgan fingerprint density at radius 1 is 0.967 bits per heavy atom. The summed E-state index contributed by atoms with van der Waals surface area (Å²) < 4.78 is 0. The first-order valence-corrected chi connectivity index (χ1v) is 9.67. The van der Waals surface area contributed by atoms with Crippen molar-refractivity contribution in [3.8, 4) is 17.3 Å². The van der Waals surface area contributed by atoms with E-state index in [1.165, 1.54) is 12.1 Å². The fourth-order valence-corrected chi connectivity index (χ4v) is 3.53. The number of aromatic hydroxyl groups is 1. The van der Waals surface area contributed by atoms with Gasteiger partial charge in [0.2, 0.25) is 0 Å². The molecule has 0 fully saturated rings. The third-order valence-corrected chi connectivity index (χ3v) is 5.42. The van der Waals surface area contributed by atoms with Crippen LogP contribution in [0.15, 0.2) is 54.6 Å². The monoisotopic (exact) mass is 437 g/mol. The summed E-state index contributed by atoms with van der Waals surface area (Å²) in [5.74, 6) is 0.428. The van der Waals surface area contributed by atoms with Crippen LogP contribution in [0.2, 0.25) is 10.0 Å². The topological polar surface area (TPSA) is 107 Å². The first-order chi connectivity index (χ1) is 14.5. The molecule has 1 amide bonds. The predicted molar refractivity (Wildman–Crippen MR) is 117 cm³/mol. The van der Waals surface area contributed by atoms with Crippen LogP contribution in [0.5, 0.6) is 5.75 Å². The summed E-state index contributed by atoms with van der Waals surface area (Å²) in [6, 6.07) is 14.9. The highest BCUT2D eigenvalue weighted by molar-refractivity contribution is 6.42. The van der Waals surface area contributed by atoms with Crippen LogP contribution in [0.3, 0.4) is 0 Å². The number of aromatic nitrogens is 4. The molecule has 0 saturated heterocycles. The Morgan fingerprint density at radius 3 is 2.53 bits per heavy atom. The van der Waals surface area contributed by atoms with Crippen molar-refractivity contribution in [1.82, 2.24) is 20.2 Å². The van der Waals surface area contributed by atoms with Gasteiger partial charge in [0.25, 0.3) is 5.91 Å². The van der Waals surface area contributed by atoms with Crippen molar-refractivity contribution >= 4 is 56.7 Å². The van der Waals surface area contributed by atoms with Gasteiger partial charge >= 0.3 is 0 Å². The molecule has 0 spiro atoms. The van der Waals surface area contributed by atoms with Crippen LogP contribution in [0.4, 0.5) is 5.69 Å². The number of nitrogens with one attached hydrogen (secondary N) is 3. The lowest BCUT2D eigenvalue weighted by atomic mass is 10.1. The second kappa shape index (κ2) is 7.05. The minimum atomic E-state index is -0.272. The molecule has 5 rings (SSSR count). The van der Waals surface area contributed by atoms with E-state index in [4.69, 9.17) is 23.2 Å². The number of anilines is 1. The summed E-state index contributed by atoms with van der Waals surface area (Å²) >= 11 is 12.1. The highest BCUT2D eigenvalue weighted by Crippen LogP contribution is 2.31. The van der Waals surface area contributed by atoms with Crippen LogP contribution in [-0.2, 0) is 0 Å². The molecule has 5 aromatic rings. The molecule has 0 aliphatic rings. The van der Waals surface area contributed by atoms with E-state index in [2.05, 4.69) is 25.5 Å². The maximum atomic E-state index is 12.5. The minimum absolute atomic E-state index is 0.134. The minimum Gasteiger partial charge on any atom is -0.508 e. The molecule has 0 radical (unpaired) electrons. The van der Waals surface area contributed by atoms with E-state index < -0.39 is 0 Å². The van der Waals surface area contributed by atoms with E-state index in [0.717, 1.165) is 10.9 Å². The lowest BCUT2D eigenvalue weighted by Gasteiger charge is -2.05. The Bertz CT molecular complexity index is 1380. The molecule has 7 nitrogen and oxygen atoms in total. The Morgan fingerprint density at radius 2 is 1.73 bits per heavy atom.